The molecule has 0 fully saturated rings. The number of sulfone groups is 1. The lowest BCUT2D eigenvalue weighted by atomic mass is 10.1. The molecule has 0 heterocycles. The molecule has 0 spiro atoms. The van der Waals surface area contributed by atoms with E-state index in [9.17, 15) is 8.42 Å². The summed E-state index contributed by atoms with van der Waals surface area (Å²) in [7, 11) is -3.68. The van der Waals surface area contributed by atoms with Crippen LogP contribution in [0.2, 0.25) is 5.02 Å². The van der Waals surface area contributed by atoms with Crippen LogP contribution in [-0.2, 0) is 9.84 Å². The molecule has 0 aliphatic rings. The molecule has 3 aromatic carbocycles. The molecule has 0 aromatic heterocycles. The summed E-state index contributed by atoms with van der Waals surface area (Å²) in [4.78, 5) is 0.384. The van der Waals surface area contributed by atoms with Gasteiger partial charge >= 0.3 is 0 Å². The van der Waals surface area contributed by atoms with Gasteiger partial charge in [-0.3, -0.25) is 0 Å². The molecular formula is C18H13ClO2S. The molecule has 0 atom stereocenters. The summed E-state index contributed by atoms with van der Waals surface area (Å²) in [6, 6.07) is 22.9. The molecule has 0 unspecified atom stereocenters. The molecule has 0 N–H and O–H groups in total. The van der Waals surface area contributed by atoms with Crippen LogP contribution in [0.3, 0.4) is 0 Å². The SMILES string of the molecule is O=S(=O)(c1ccccc1Cl)c1ccccc1-c1ccccc1. The van der Waals surface area contributed by atoms with Crippen LogP contribution in [0.4, 0.5) is 0 Å². The van der Waals surface area contributed by atoms with Crippen LogP contribution in [0.25, 0.3) is 11.1 Å². The Morgan fingerprint density at radius 2 is 1.18 bits per heavy atom. The number of hydrogen-bond donors (Lipinski definition) is 0. The molecule has 110 valence electrons. The Hall–Kier alpha value is -2.10. The molecule has 0 aliphatic heterocycles. The van der Waals surface area contributed by atoms with Gasteiger partial charge in [-0.15, -0.1) is 0 Å². The summed E-state index contributed by atoms with van der Waals surface area (Å²) < 4.78 is 25.9. The third kappa shape index (κ3) is 2.65. The van der Waals surface area contributed by atoms with Crippen LogP contribution < -0.4 is 0 Å². The molecule has 0 bridgehead atoms. The van der Waals surface area contributed by atoms with E-state index in [0.717, 1.165) is 5.56 Å². The lowest BCUT2D eigenvalue weighted by Crippen LogP contribution is -2.04. The topological polar surface area (TPSA) is 34.1 Å². The normalized spacial score (nSPS) is 11.3. The van der Waals surface area contributed by atoms with Gasteiger partial charge in [0.2, 0.25) is 9.84 Å². The summed E-state index contributed by atoms with van der Waals surface area (Å²) in [6.45, 7) is 0. The van der Waals surface area contributed by atoms with Gasteiger partial charge in [-0.1, -0.05) is 72.3 Å². The minimum atomic E-state index is -3.68. The highest BCUT2D eigenvalue weighted by molar-refractivity contribution is 7.91. The molecule has 0 radical (unpaired) electrons. The molecule has 22 heavy (non-hydrogen) atoms. The maximum atomic E-state index is 13.0. The van der Waals surface area contributed by atoms with Crippen molar-refractivity contribution in [1.82, 2.24) is 0 Å². The first-order valence-electron chi connectivity index (χ1n) is 6.75. The fourth-order valence-electron chi connectivity index (χ4n) is 2.34. The first-order valence-corrected chi connectivity index (χ1v) is 8.61. The zero-order valence-electron chi connectivity index (χ0n) is 11.6. The quantitative estimate of drug-likeness (QED) is 0.689. The molecule has 3 rings (SSSR count). The fraction of sp³-hybridized carbons (Fsp3) is 0. The summed E-state index contributed by atoms with van der Waals surface area (Å²) in [5.41, 5.74) is 1.52. The Balaban J connectivity index is 2.24. The van der Waals surface area contributed by atoms with E-state index in [2.05, 4.69) is 0 Å². The highest BCUT2D eigenvalue weighted by atomic mass is 35.5. The molecule has 2 nitrogen and oxygen atoms in total. The Labute approximate surface area is 134 Å². The van der Waals surface area contributed by atoms with E-state index in [1.165, 1.54) is 6.07 Å². The number of hydrogen-bond acceptors (Lipinski definition) is 2. The smallest absolute Gasteiger partial charge is 0.208 e. The van der Waals surface area contributed by atoms with E-state index in [1.807, 2.05) is 36.4 Å². The molecule has 4 heteroatoms. The van der Waals surface area contributed by atoms with E-state index in [0.29, 0.717) is 5.56 Å². The summed E-state index contributed by atoms with van der Waals surface area (Å²) >= 11 is 6.08. The maximum absolute atomic E-state index is 13.0. The number of halogens is 1. The minimum absolute atomic E-state index is 0.125. The van der Waals surface area contributed by atoms with Gasteiger partial charge in [-0.05, 0) is 23.8 Å². The van der Waals surface area contributed by atoms with Crippen molar-refractivity contribution in [1.29, 1.82) is 0 Å². The maximum Gasteiger partial charge on any atom is 0.208 e. The van der Waals surface area contributed by atoms with Gasteiger partial charge in [0.25, 0.3) is 0 Å². The Kier molecular flexibility index (Phi) is 4.01. The van der Waals surface area contributed by atoms with Crippen LogP contribution in [-0.4, -0.2) is 8.42 Å². The third-order valence-corrected chi connectivity index (χ3v) is 5.70. The van der Waals surface area contributed by atoms with Gasteiger partial charge in [0.15, 0.2) is 0 Å². The predicted molar refractivity (Wildman–Crippen MR) is 88.8 cm³/mol. The van der Waals surface area contributed by atoms with E-state index < -0.39 is 9.84 Å². The zero-order valence-corrected chi connectivity index (χ0v) is 13.2. The van der Waals surface area contributed by atoms with Gasteiger partial charge in [0, 0.05) is 5.56 Å². The van der Waals surface area contributed by atoms with Crippen molar-refractivity contribution in [2.24, 2.45) is 0 Å². The summed E-state index contributed by atoms with van der Waals surface area (Å²) in [5, 5.41) is 0.227. The summed E-state index contributed by atoms with van der Waals surface area (Å²) in [6.07, 6.45) is 0. The van der Waals surface area contributed by atoms with Crippen molar-refractivity contribution >= 4 is 21.4 Å². The molecule has 0 saturated carbocycles. The monoisotopic (exact) mass is 328 g/mol. The number of rotatable bonds is 3. The second-order valence-corrected chi connectivity index (χ2v) is 7.09. The Morgan fingerprint density at radius 3 is 1.86 bits per heavy atom. The molecule has 0 amide bonds. The average Bonchev–Trinajstić information content (AvgIpc) is 2.56. The van der Waals surface area contributed by atoms with Crippen molar-refractivity contribution in [3.8, 4) is 11.1 Å². The van der Waals surface area contributed by atoms with Crippen LogP contribution in [0.5, 0.6) is 0 Å². The van der Waals surface area contributed by atoms with Crippen molar-refractivity contribution in [2.45, 2.75) is 9.79 Å². The molecule has 0 saturated heterocycles. The minimum Gasteiger partial charge on any atom is -0.218 e. The Bertz CT molecular complexity index is 903. The first kappa shape index (κ1) is 14.8. The van der Waals surface area contributed by atoms with Gasteiger partial charge in [-0.25, -0.2) is 8.42 Å². The molecule has 0 aliphatic carbocycles. The molecular weight excluding hydrogens is 316 g/mol. The third-order valence-electron chi connectivity index (χ3n) is 3.39. The lowest BCUT2D eigenvalue weighted by molar-refractivity contribution is 0.596. The van der Waals surface area contributed by atoms with E-state index in [4.69, 9.17) is 11.6 Å². The van der Waals surface area contributed by atoms with Gasteiger partial charge in [0.1, 0.15) is 0 Å². The predicted octanol–water partition coefficient (Wildman–Crippen LogP) is 4.84. The molecule has 3 aromatic rings. The van der Waals surface area contributed by atoms with Crippen molar-refractivity contribution in [3.63, 3.8) is 0 Å². The van der Waals surface area contributed by atoms with Gasteiger partial charge < -0.3 is 0 Å². The van der Waals surface area contributed by atoms with Crippen LogP contribution in [0.1, 0.15) is 0 Å². The van der Waals surface area contributed by atoms with Crippen LogP contribution in [0.15, 0.2) is 88.7 Å². The van der Waals surface area contributed by atoms with Crippen molar-refractivity contribution in [3.05, 3.63) is 83.9 Å². The Morgan fingerprint density at radius 1 is 0.636 bits per heavy atom. The zero-order chi connectivity index (χ0) is 15.6. The van der Waals surface area contributed by atoms with Gasteiger partial charge in [0.05, 0.1) is 14.8 Å². The second-order valence-electron chi connectivity index (χ2n) is 4.80. The van der Waals surface area contributed by atoms with Gasteiger partial charge in [-0.2, -0.15) is 0 Å². The van der Waals surface area contributed by atoms with E-state index in [-0.39, 0.29) is 14.8 Å². The highest BCUT2D eigenvalue weighted by Gasteiger charge is 2.23. The summed E-state index contributed by atoms with van der Waals surface area (Å²) in [5.74, 6) is 0. The van der Waals surface area contributed by atoms with Crippen molar-refractivity contribution in [2.75, 3.05) is 0 Å². The second kappa shape index (κ2) is 5.95. The standard InChI is InChI=1S/C18H13ClO2S/c19-16-11-5-7-13-18(16)22(20,21)17-12-6-4-10-15(17)14-8-2-1-3-9-14/h1-13H. The fourth-order valence-corrected chi connectivity index (χ4v) is 4.33. The number of benzene rings is 3. The van der Waals surface area contributed by atoms with E-state index >= 15 is 0 Å². The average molecular weight is 329 g/mol. The highest BCUT2D eigenvalue weighted by Crippen LogP contribution is 2.33. The van der Waals surface area contributed by atoms with Crippen LogP contribution in [0, 0.1) is 0 Å². The lowest BCUT2D eigenvalue weighted by Gasteiger charge is -2.11. The van der Waals surface area contributed by atoms with Crippen molar-refractivity contribution < 1.29 is 8.42 Å². The van der Waals surface area contributed by atoms with Crippen LogP contribution >= 0.6 is 11.6 Å². The first-order chi connectivity index (χ1) is 10.6. The largest absolute Gasteiger partial charge is 0.218 e. The van der Waals surface area contributed by atoms with E-state index in [1.54, 1.807) is 36.4 Å².